The second kappa shape index (κ2) is 8.07. The first-order valence-corrected chi connectivity index (χ1v) is 6.32. The fourth-order valence-corrected chi connectivity index (χ4v) is 1.52. The van der Waals surface area contributed by atoms with Gasteiger partial charge in [0.1, 0.15) is 5.82 Å². The van der Waals surface area contributed by atoms with Crippen molar-refractivity contribution in [3.63, 3.8) is 0 Å². The Balaban J connectivity index is 2.53. The van der Waals surface area contributed by atoms with Crippen LogP contribution in [0.2, 0.25) is 0 Å². The zero-order chi connectivity index (χ0) is 14.1. The molecule has 0 fully saturated rings. The summed E-state index contributed by atoms with van der Waals surface area (Å²) in [4.78, 5) is 26.2. The van der Waals surface area contributed by atoms with E-state index in [1.54, 1.807) is 18.3 Å². The summed E-state index contributed by atoms with van der Waals surface area (Å²) in [7, 11) is 0. The maximum absolute atomic E-state index is 12.0. The average Bonchev–Trinajstić information content (AvgIpc) is 2.38. The summed E-state index contributed by atoms with van der Waals surface area (Å²) in [5.41, 5.74) is 0.527. The Morgan fingerprint density at radius 2 is 2.21 bits per heavy atom. The molecule has 0 saturated heterocycles. The highest BCUT2D eigenvalue weighted by molar-refractivity contribution is 5.98. The third-order valence-electron chi connectivity index (χ3n) is 2.34. The molecule has 0 aliphatic heterocycles. The Hall–Kier alpha value is -2.11. The summed E-state index contributed by atoms with van der Waals surface area (Å²) in [6.45, 7) is 5.03. The van der Waals surface area contributed by atoms with Crippen molar-refractivity contribution in [1.82, 2.24) is 15.6 Å². The highest BCUT2D eigenvalue weighted by Crippen LogP contribution is 2.12. The van der Waals surface area contributed by atoms with Gasteiger partial charge >= 0.3 is 0 Å². The first kappa shape index (κ1) is 14.9. The van der Waals surface area contributed by atoms with Gasteiger partial charge < -0.3 is 16.0 Å². The highest BCUT2D eigenvalue weighted by Gasteiger charge is 2.11. The normalized spacial score (nSPS) is 10.1. The molecule has 1 aromatic heterocycles. The van der Waals surface area contributed by atoms with Gasteiger partial charge in [-0.3, -0.25) is 9.59 Å². The Kier molecular flexibility index (Phi) is 6.35. The molecule has 1 heterocycles. The molecule has 2 amide bonds. The molecular formula is C13H20N4O2. The quantitative estimate of drug-likeness (QED) is 0.478. The van der Waals surface area contributed by atoms with Gasteiger partial charge in [-0.15, -0.1) is 0 Å². The number of amides is 2. The largest absolute Gasteiger partial charge is 0.367 e. The fourth-order valence-electron chi connectivity index (χ4n) is 1.52. The van der Waals surface area contributed by atoms with E-state index < -0.39 is 0 Å². The van der Waals surface area contributed by atoms with Crippen LogP contribution in [0.3, 0.4) is 0 Å². The molecule has 0 unspecified atom stereocenters. The molecule has 3 N–H and O–H groups in total. The van der Waals surface area contributed by atoms with Crippen molar-refractivity contribution in [2.24, 2.45) is 0 Å². The van der Waals surface area contributed by atoms with Crippen LogP contribution >= 0.6 is 0 Å². The summed E-state index contributed by atoms with van der Waals surface area (Å²) >= 11 is 0. The number of nitrogens with one attached hydrogen (secondary N) is 3. The van der Waals surface area contributed by atoms with E-state index in [0.29, 0.717) is 37.3 Å². The summed E-state index contributed by atoms with van der Waals surface area (Å²) in [5.74, 6) is 0.420. The predicted octanol–water partition coefficient (Wildman–Crippen LogP) is 0.768. The zero-order valence-electron chi connectivity index (χ0n) is 11.3. The van der Waals surface area contributed by atoms with E-state index in [1.807, 2.05) is 13.8 Å². The van der Waals surface area contributed by atoms with Gasteiger partial charge in [-0.1, -0.05) is 0 Å². The van der Waals surface area contributed by atoms with Crippen molar-refractivity contribution in [2.75, 3.05) is 18.4 Å². The zero-order valence-corrected chi connectivity index (χ0v) is 11.3. The first-order valence-electron chi connectivity index (χ1n) is 6.32. The van der Waals surface area contributed by atoms with E-state index in [9.17, 15) is 9.59 Å². The molecule has 6 nitrogen and oxygen atoms in total. The van der Waals surface area contributed by atoms with E-state index in [4.69, 9.17) is 0 Å². The van der Waals surface area contributed by atoms with Crippen molar-refractivity contribution in [1.29, 1.82) is 0 Å². The van der Waals surface area contributed by atoms with Gasteiger partial charge in [0.15, 0.2) is 0 Å². The molecule has 0 aliphatic rings. The molecular weight excluding hydrogens is 244 g/mol. The predicted molar refractivity (Wildman–Crippen MR) is 74.0 cm³/mol. The molecule has 104 valence electrons. The van der Waals surface area contributed by atoms with Gasteiger partial charge in [-0.2, -0.15) is 0 Å². The maximum atomic E-state index is 12.0. The molecule has 0 atom stereocenters. The average molecular weight is 264 g/mol. The number of carbonyl (C=O) groups is 2. The molecule has 1 rings (SSSR count). The number of anilines is 1. The van der Waals surface area contributed by atoms with Crippen LogP contribution in [0.15, 0.2) is 18.3 Å². The molecule has 0 saturated carbocycles. The number of aromatic nitrogens is 1. The van der Waals surface area contributed by atoms with Crippen molar-refractivity contribution >= 4 is 18.1 Å². The Morgan fingerprint density at radius 3 is 2.89 bits per heavy atom. The Labute approximate surface area is 113 Å². The Morgan fingerprint density at radius 1 is 1.42 bits per heavy atom. The number of hydrogen-bond donors (Lipinski definition) is 3. The summed E-state index contributed by atoms with van der Waals surface area (Å²) in [6.07, 6.45) is 2.99. The van der Waals surface area contributed by atoms with Crippen LogP contribution < -0.4 is 16.0 Å². The number of carbonyl (C=O) groups excluding carboxylic acids is 2. The van der Waals surface area contributed by atoms with E-state index in [1.165, 1.54) is 0 Å². The van der Waals surface area contributed by atoms with Gasteiger partial charge in [-0.05, 0) is 32.4 Å². The first-order chi connectivity index (χ1) is 9.15. The van der Waals surface area contributed by atoms with Gasteiger partial charge in [0.2, 0.25) is 6.41 Å². The summed E-state index contributed by atoms with van der Waals surface area (Å²) in [5, 5.41) is 8.47. The number of rotatable bonds is 8. The number of hydrogen-bond acceptors (Lipinski definition) is 4. The number of pyridine rings is 1. The lowest BCUT2D eigenvalue weighted by molar-refractivity contribution is -0.109. The molecule has 0 spiro atoms. The minimum atomic E-state index is -0.164. The number of nitrogens with zero attached hydrogens (tertiary/aromatic N) is 1. The third kappa shape index (κ3) is 5.37. The lowest BCUT2D eigenvalue weighted by atomic mass is 10.2. The SMILES string of the molecule is CC(C)Nc1ncccc1C(=O)NCCCNC=O. The molecule has 0 aliphatic carbocycles. The van der Waals surface area contributed by atoms with Crippen LogP contribution in [-0.2, 0) is 4.79 Å². The second-order valence-corrected chi connectivity index (χ2v) is 4.38. The maximum Gasteiger partial charge on any atom is 0.255 e. The van der Waals surface area contributed by atoms with Crippen LogP contribution in [0.4, 0.5) is 5.82 Å². The topological polar surface area (TPSA) is 83.1 Å². The van der Waals surface area contributed by atoms with Gasteiger partial charge in [0, 0.05) is 25.3 Å². The lowest BCUT2D eigenvalue weighted by Crippen LogP contribution is -2.28. The molecule has 0 bridgehead atoms. The van der Waals surface area contributed by atoms with Crippen LogP contribution in [0.5, 0.6) is 0 Å². The van der Waals surface area contributed by atoms with Gasteiger partial charge in [-0.25, -0.2) is 4.98 Å². The van der Waals surface area contributed by atoms with Crippen LogP contribution in [0.1, 0.15) is 30.6 Å². The second-order valence-electron chi connectivity index (χ2n) is 4.38. The molecule has 6 heteroatoms. The van der Waals surface area contributed by atoms with Crippen molar-refractivity contribution in [3.05, 3.63) is 23.9 Å². The molecule has 0 aromatic carbocycles. The lowest BCUT2D eigenvalue weighted by Gasteiger charge is -2.13. The molecule has 19 heavy (non-hydrogen) atoms. The van der Waals surface area contributed by atoms with Crippen LogP contribution in [0.25, 0.3) is 0 Å². The molecule has 1 aromatic rings. The minimum absolute atomic E-state index is 0.164. The van der Waals surface area contributed by atoms with E-state index >= 15 is 0 Å². The smallest absolute Gasteiger partial charge is 0.255 e. The van der Waals surface area contributed by atoms with Crippen LogP contribution in [0, 0.1) is 0 Å². The van der Waals surface area contributed by atoms with Crippen LogP contribution in [-0.4, -0.2) is 36.4 Å². The van der Waals surface area contributed by atoms with Gasteiger partial charge in [0.05, 0.1) is 5.56 Å². The summed E-state index contributed by atoms with van der Waals surface area (Å²) in [6, 6.07) is 3.67. The Bertz CT molecular complexity index is 421. The van der Waals surface area contributed by atoms with E-state index in [-0.39, 0.29) is 11.9 Å². The monoisotopic (exact) mass is 264 g/mol. The van der Waals surface area contributed by atoms with Crippen molar-refractivity contribution in [3.8, 4) is 0 Å². The highest BCUT2D eigenvalue weighted by atomic mass is 16.1. The van der Waals surface area contributed by atoms with E-state index in [0.717, 1.165) is 0 Å². The van der Waals surface area contributed by atoms with Crippen molar-refractivity contribution in [2.45, 2.75) is 26.3 Å². The fraction of sp³-hybridized carbons (Fsp3) is 0.462. The standard InChI is InChI=1S/C13H20N4O2/c1-10(2)17-12-11(5-3-7-15-12)13(19)16-8-4-6-14-9-18/h3,5,7,9-10H,4,6,8H2,1-2H3,(H,14,18)(H,15,17)(H,16,19). The molecule has 0 radical (unpaired) electrons. The van der Waals surface area contributed by atoms with Crippen molar-refractivity contribution < 1.29 is 9.59 Å². The minimum Gasteiger partial charge on any atom is -0.367 e. The van der Waals surface area contributed by atoms with E-state index in [2.05, 4.69) is 20.9 Å². The van der Waals surface area contributed by atoms with Gasteiger partial charge in [0.25, 0.3) is 5.91 Å². The third-order valence-corrected chi connectivity index (χ3v) is 2.34. The summed E-state index contributed by atoms with van der Waals surface area (Å²) < 4.78 is 0.